The van der Waals surface area contributed by atoms with Crippen molar-refractivity contribution in [3.05, 3.63) is 46.1 Å². The Morgan fingerprint density at radius 3 is 2.48 bits per heavy atom. The van der Waals surface area contributed by atoms with E-state index in [1.54, 1.807) is 20.8 Å². The van der Waals surface area contributed by atoms with Crippen LogP contribution in [-0.2, 0) is 17.6 Å². The van der Waals surface area contributed by atoms with Gasteiger partial charge in [0.1, 0.15) is 23.2 Å². The van der Waals surface area contributed by atoms with E-state index >= 15 is 0 Å². The minimum absolute atomic E-state index is 0.0108. The maximum absolute atomic E-state index is 12.2. The standard InChI is InChI=1S/C25H36O6/c1-15(7-6-8-16(2)10-12-22(28)25(4,5)30)9-11-18-19-13-17(3)31-24(29)23(19)21(27)14-20(18)26/h8-9,14,17,22,26-28,30H,6-7,10-13H2,1-5H3/b15-9+,16-8+/t17-,22?/m1/s1. The fraction of sp³-hybridized carbons (Fsp3) is 0.560. The van der Waals surface area contributed by atoms with Crippen LogP contribution < -0.4 is 0 Å². The van der Waals surface area contributed by atoms with E-state index in [2.05, 4.69) is 6.08 Å². The number of hydrogen-bond acceptors (Lipinski definition) is 6. The van der Waals surface area contributed by atoms with Gasteiger partial charge >= 0.3 is 5.97 Å². The van der Waals surface area contributed by atoms with Gasteiger partial charge in [-0.25, -0.2) is 4.79 Å². The highest BCUT2D eigenvalue weighted by Crippen LogP contribution is 2.37. The number of aromatic hydroxyl groups is 2. The van der Waals surface area contributed by atoms with E-state index in [4.69, 9.17) is 4.74 Å². The molecule has 1 aromatic carbocycles. The van der Waals surface area contributed by atoms with Crippen LogP contribution in [0.15, 0.2) is 29.4 Å². The maximum atomic E-state index is 12.2. The molecule has 2 rings (SSSR count). The van der Waals surface area contributed by atoms with Crippen molar-refractivity contribution in [2.75, 3.05) is 0 Å². The number of cyclic esters (lactones) is 1. The van der Waals surface area contributed by atoms with Crippen LogP contribution in [0, 0.1) is 0 Å². The third kappa shape index (κ3) is 6.84. The van der Waals surface area contributed by atoms with Crippen LogP contribution in [-0.4, -0.2) is 44.2 Å². The fourth-order valence-corrected chi connectivity index (χ4v) is 3.74. The number of esters is 1. The minimum Gasteiger partial charge on any atom is -0.508 e. The highest BCUT2D eigenvalue weighted by Gasteiger charge is 2.30. The minimum atomic E-state index is -1.09. The quantitative estimate of drug-likeness (QED) is 0.342. The van der Waals surface area contributed by atoms with Crippen molar-refractivity contribution in [1.82, 2.24) is 0 Å². The van der Waals surface area contributed by atoms with Gasteiger partial charge in [-0.3, -0.25) is 0 Å². The summed E-state index contributed by atoms with van der Waals surface area (Å²) in [5.41, 5.74) is 2.72. The summed E-state index contributed by atoms with van der Waals surface area (Å²) in [4.78, 5) is 12.2. The van der Waals surface area contributed by atoms with Crippen molar-refractivity contribution >= 4 is 5.97 Å². The predicted molar refractivity (Wildman–Crippen MR) is 120 cm³/mol. The molecule has 0 saturated heterocycles. The Kier molecular flexibility index (Phi) is 8.32. The molecule has 2 atom stereocenters. The summed E-state index contributed by atoms with van der Waals surface area (Å²) in [5, 5.41) is 40.2. The third-order valence-corrected chi connectivity index (χ3v) is 5.82. The van der Waals surface area contributed by atoms with E-state index in [0.29, 0.717) is 30.4 Å². The van der Waals surface area contributed by atoms with Crippen LogP contribution >= 0.6 is 0 Å². The molecule has 6 nitrogen and oxygen atoms in total. The average Bonchev–Trinajstić information content (AvgIpc) is 2.64. The summed E-state index contributed by atoms with van der Waals surface area (Å²) in [7, 11) is 0. The normalized spacial score (nSPS) is 18.5. The van der Waals surface area contributed by atoms with Crippen molar-refractivity contribution in [1.29, 1.82) is 0 Å². The molecule has 1 aliphatic heterocycles. The number of phenols is 2. The zero-order valence-corrected chi connectivity index (χ0v) is 19.2. The second kappa shape index (κ2) is 10.3. The molecule has 0 radical (unpaired) electrons. The van der Waals surface area contributed by atoms with Crippen LogP contribution in [0.2, 0.25) is 0 Å². The van der Waals surface area contributed by atoms with Crippen molar-refractivity contribution < 1.29 is 30.0 Å². The zero-order valence-electron chi connectivity index (χ0n) is 19.2. The number of carbonyl (C=O) groups is 1. The van der Waals surface area contributed by atoms with Gasteiger partial charge in [0.25, 0.3) is 0 Å². The number of aliphatic hydroxyl groups is 2. The molecule has 1 aromatic rings. The second-order valence-corrected chi connectivity index (χ2v) is 9.22. The molecule has 1 heterocycles. The van der Waals surface area contributed by atoms with E-state index < -0.39 is 17.7 Å². The van der Waals surface area contributed by atoms with Gasteiger partial charge in [-0.2, -0.15) is 0 Å². The van der Waals surface area contributed by atoms with Crippen LogP contribution in [0.3, 0.4) is 0 Å². The van der Waals surface area contributed by atoms with Crippen molar-refractivity contribution in [3.8, 4) is 11.5 Å². The summed E-state index contributed by atoms with van der Waals surface area (Å²) in [6.45, 7) is 9.07. The molecule has 0 saturated carbocycles. The number of fused-ring (bicyclic) bond motifs is 1. The summed E-state index contributed by atoms with van der Waals surface area (Å²) < 4.78 is 5.21. The fourth-order valence-electron chi connectivity index (χ4n) is 3.74. The van der Waals surface area contributed by atoms with Crippen LogP contribution in [0.25, 0.3) is 0 Å². The molecule has 1 unspecified atom stereocenters. The van der Waals surface area contributed by atoms with Crippen molar-refractivity contribution in [3.63, 3.8) is 0 Å². The monoisotopic (exact) mass is 432 g/mol. The van der Waals surface area contributed by atoms with E-state index in [1.807, 2.05) is 19.9 Å². The molecule has 31 heavy (non-hydrogen) atoms. The Bertz CT molecular complexity index is 860. The van der Waals surface area contributed by atoms with E-state index in [9.17, 15) is 25.2 Å². The number of allylic oxidation sites excluding steroid dienone is 4. The van der Waals surface area contributed by atoms with Gasteiger partial charge in [0.05, 0.1) is 11.7 Å². The lowest BCUT2D eigenvalue weighted by Crippen LogP contribution is -2.35. The Balaban J connectivity index is 1.99. The van der Waals surface area contributed by atoms with Gasteiger partial charge in [-0.1, -0.05) is 23.3 Å². The largest absolute Gasteiger partial charge is 0.508 e. The first-order valence-corrected chi connectivity index (χ1v) is 10.9. The number of benzene rings is 1. The molecule has 6 heteroatoms. The number of rotatable bonds is 9. The summed E-state index contributed by atoms with van der Waals surface area (Å²) in [6.07, 6.45) is 7.03. The molecule has 172 valence electrons. The van der Waals surface area contributed by atoms with Gasteiger partial charge < -0.3 is 25.2 Å². The van der Waals surface area contributed by atoms with Gasteiger partial charge in [0.2, 0.25) is 0 Å². The number of hydrogen-bond donors (Lipinski definition) is 4. The summed E-state index contributed by atoms with van der Waals surface area (Å²) in [5.74, 6) is -0.809. The molecule has 0 spiro atoms. The highest BCUT2D eigenvalue weighted by atomic mass is 16.5. The van der Waals surface area contributed by atoms with Crippen LogP contribution in [0.1, 0.15) is 81.8 Å². The van der Waals surface area contributed by atoms with Gasteiger partial charge in [-0.05, 0) is 72.3 Å². The number of ether oxygens (including phenoxy) is 1. The zero-order chi connectivity index (χ0) is 23.3. The first-order valence-electron chi connectivity index (χ1n) is 10.9. The maximum Gasteiger partial charge on any atom is 0.342 e. The first-order chi connectivity index (χ1) is 14.4. The summed E-state index contributed by atoms with van der Waals surface area (Å²) >= 11 is 0. The first kappa shape index (κ1) is 25.0. The number of aliphatic hydroxyl groups excluding tert-OH is 1. The second-order valence-electron chi connectivity index (χ2n) is 9.22. The van der Waals surface area contributed by atoms with Gasteiger partial charge in [0.15, 0.2) is 0 Å². The van der Waals surface area contributed by atoms with Gasteiger partial charge in [-0.15, -0.1) is 0 Å². The van der Waals surface area contributed by atoms with E-state index in [1.165, 1.54) is 11.6 Å². The van der Waals surface area contributed by atoms with E-state index in [0.717, 1.165) is 24.8 Å². The Morgan fingerprint density at radius 1 is 1.19 bits per heavy atom. The third-order valence-electron chi connectivity index (χ3n) is 5.82. The topological polar surface area (TPSA) is 107 Å². The van der Waals surface area contributed by atoms with Crippen molar-refractivity contribution in [2.45, 2.75) is 91.0 Å². The summed E-state index contributed by atoms with van der Waals surface area (Å²) in [6, 6.07) is 1.21. The molecule has 0 bridgehead atoms. The Morgan fingerprint density at radius 2 is 1.84 bits per heavy atom. The smallest absolute Gasteiger partial charge is 0.342 e. The molecular weight excluding hydrogens is 396 g/mol. The van der Waals surface area contributed by atoms with Crippen LogP contribution in [0.5, 0.6) is 11.5 Å². The Hall–Kier alpha value is -2.31. The lowest BCUT2D eigenvalue weighted by molar-refractivity contribution is -0.0509. The SMILES string of the molecule is C/C(=C\Cc1c(O)cc(O)c2c1C[C@@H](C)OC2=O)CC/C=C(\C)CCC(O)C(C)(C)O. The highest BCUT2D eigenvalue weighted by molar-refractivity contribution is 5.96. The predicted octanol–water partition coefficient (Wildman–Crippen LogP) is 4.33. The number of phenolic OH excluding ortho intramolecular Hbond substituents is 2. The van der Waals surface area contributed by atoms with E-state index in [-0.39, 0.29) is 23.2 Å². The molecule has 0 aromatic heterocycles. The van der Waals surface area contributed by atoms with Crippen molar-refractivity contribution in [2.24, 2.45) is 0 Å². The molecule has 0 amide bonds. The molecule has 0 fully saturated rings. The Labute approximate surface area is 184 Å². The van der Waals surface area contributed by atoms with Gasteiger partial charge in [0, 0.05) is 18.1 Å². The lowest BCUT2D eigenvalue weighted by Gasteiger charge is -2.25. The average molecular weight is 433 g/mol. The molecular formula is C25H36O6. The number of carbonyl (C=O) groups excluding carboxylic acids is 1. The lowest BCUT2D eigenvalue weighted by atomic mass is 9.90. The molecule has 0 aliphatic carbocycles. The molecule has 1 aliphatic rings. The molecule has 4 N–H and O–H groups in total. The van der Waals surface area contributed by atoms with Crippen LogP contribution in [0.4, 0.5) is 0 Å².